The molecule has 3 nitrogen and oxygen atoms in total. The first kappa shape index (κ1) is 9.39. The van der Waals surface area contributed by atoms with Crippen LogP contribution in [0, 0.1) is 0 Å². The van der Waals surface area contributed by atoms with Gasteiger partial charge >= 0.3 is 0 Å². The molecule has 1 unspecified atom stereocenters. The third-order valence-corrected chi connectivity index (χ3v) is 2.98. The van der Waals surface area contributed by atoms with E-state index in [2.05, 4.69) is 31.9 Å². The van der Waals surface area contributed by atoms with Crippen LogP contribution in [0.2, 0.25) is 0 Å². The monoisotopic (exact) mass is 258 g/mol. The van der Waals surface area contributed by atoms with E-state index in [-0.39, 0.29) is 4.83 Å². The number of alkyl halides is 2. The lowest BCUT2D eigenvalue weighted by Crippen LogP contribution is -2.35. The summed E-state index contributed by atoms with van der Waals surface area (Å²) in [5, 5.41) is 1.88. The summed E-state index contributed by atoms with van der Waals surface area (Å²) in [5.41, 5.74) is 0. The van der Waals surface area contributed by atoms with Crippen molar-refractivity contribution in [3.05, 3.63) is 0 Å². The maximum atomic E-state index is 9.92. The molecule has 0 radical (unpaired) electrons. The van der Waals surface area contributed by atoms with E-state index >= 15 is 0 Å². The van der Waals surface area contributed by atoms with Crippen molar-refractivity contribution in [2.24, 2.45) is 5.84 Å². The zero-order valence-electron chi connectivity index (χ0n) is 4.76. The molecule has 0 aliphatic heterocycles. The average molecular weight is 260 g/mol. The lowest BCUT2D eigenvalue weighted by Gasteiger charge is -2.12. The van der Waals surface area contributed by atoms with E-state index < -0.39 is 0 Å². The van der Waals surface area contributed by atoms with E-state index in [1.54, 1.807) is 0 Å². The van der Waals surface area contributed by atoms with Gasteiger partial charge in [0.2, 0.25) is 6.41 Å². The van der Waals surface area contributed by atoms with Crippen LogP contribution < -0.4 is 5.84 Å². The van der Waals surface area contributed by atoms with Crippen LogP contribution in [0.1, 0.15) is 0 Å². The molecular weight excluding hydrogens is 252 g/mol. The quantitative estimate of drug-likeness (QED) is 0.262. The summed E-state index contributed by atoms with van der Waals surface area (Å²) >= 11 is 6.52. The van der Waals surface area contributed by atoms with Crippen LogP contribution in [0.4, 0.5) is 0 Å². The van der Waals surface area contributed by atoms with Crippen LogP contribution in [-0.2, 0) is 4.79 Å². The molecule has 9 heavy (non-hydrogen) atoms. The van der Waals surface area contributed by atoms with Crippen molar-refractivity contribution in [1.82, 2.24) is 5.01 Å². The van der Waals surface area contributed by atoms with Crippen LogP contribution in [0.25, 0.3) is 0 Å². The minimum absolute atomic E-state index is 0.229. The second-order valence-corrected chi connectivity index (χ2v) is 3.50. The Bertz CT molecular complexity index is 90.6. The molecule has 0 spiro atoms. The number of rotatable bonds is 4. The fraction of sp³-hybridized carbons (Fsp3) is 0.750. The number of amides is 1. The number of carbonyl (C=O) groups is 1. The number of hydrogen-bond acceptors (Lipinski definition) is 2. The van der Waals surface area contributed by atoms with Gasteiger partial charge in [-0.25, -0.2) is 5.84 Å². The van der Waals surface area contributed by atoms with Gasteiger partial charge in [-0.05, 0) is 0 Å². The molecule has 1 atom stereocenters. The summed E-state index contributed by atoms with van der Waals surface area (Å²) in [6.07, 6.45) is 0.594. The van der Waals surface area contributed by atoms with Crippen molar-refractivity contribution in [2.75, 3.05) is 11.9 Å². The van der Waals surface area contributed by atoms with Gasteiger partial charge in [-0.1, -0.05) is 31.9 Å². The first-order chi connectivity index (χ1) is 4.20. The number of nitrogens with zero attached hydrogens (tertiary/aromatic N) is 1. The molecule has 5 heteroatoms. The zero-order chi connectivity index (χ0) is 7.28. The van der Waals surface area contributed by atoms with E-state index in [4.69, 9.17) is 5.84 Å². The van der Waals surface area contributed by atoms with E-state index in [1.165, 1.54) is 0 Å². The van der Waals surface area contributed by atoms with Gasteiger partial charge in [-0.2, -0.15) is 0 Å². The number of halogens is 2. The van der Waals surface area contributed by atoms with E-state index in [0.29, 0.717) is 13.0 Å². The minimum Gasteiger partial charge on any atom is -0.282 e. The molecule has 0 aliphatic carbocycles. The molecule has 0 rings (SSSR count). The third kappa shape index (κ3) is 4.87. The molecule has 1 amide bonds. The summed E-state index contributed by atoms with van der Waals surface area (Å²) in [6, 6.07) is 0. The first-order valence-electron chi connectivity index (χ1n) is 2.37. The van der Waals surface area contributed by atoms with Crippen LogP contribution in [0.15, 0.2) is 0 Å². The second kappa shape index (κ2) is 5.20. The molecule has 0 bridgehead atoms. The average Bonchev–Trinajstić information content (AvgIpc) is 1.87. The Morgan fingerprint density at radius 2 is 2.33 bits per heavy atom. The first-order valence-corrected chi connectivity index (χ1v) is 4.41. The van der Waals surface area contributed by atoms with Crippen molar-refractivity contribution < 1.29 is 4.79 Å². The lowest BCUT2D eigenvalue weighted by atomic mass is 10.5. The van der Waals surface area contributed by atoms with E-state index in [0.717, 1.165) is 10.3 Å². The van der Waals surface area contributed by atoms with Gasteiger partial charge in [-0.3, -0.25) is 9.80 Å². The van der Waals surface area contributed by atoms with Crippen molar-refractivity contribution in [2.45, 2.75) is 4.83 Å². The lowest BCUT2D eigenvalue weighted by molar-refractivity contribution is -0.118. The largest absolute Gasteiger partial charge is 0.282 e. The summed E-state index contributed by atoms with van der Waals surface area (Å²) in [5.74, 6) is 5.16. The minimum atomic E-state index is 0.229. The van der Waals surface area contributed by atoms with Gasteiger partial charge in [0.25, 0.3) is 0 Å². The van der Waals surface area contributed by atoms with Gasteiger partial charge in [0.1, 0.15) is 0 Å². The molecule has 0 aliphatic rings. The molecular formula is C4H8Br2N2O. The van der Waals surface area contributed by atoms with Crippen LogP contribution in [-0.4, -0.2) is 28.1 Å². The van der Waals surface area contributed by atoms with Crippen LogP contribution in [0.3, 0.4) is 0 Å². The SMILES string of the molecule is NN(C=O)CC(Br)CBr. The highest BCUT2D eigenvalue weighted by Crippen LogP contribution is 2.02. The number of carbonyl (C=O) groups excluding carboxylic acids is 1. The standard InChI is InChI=1S/C4H8Br2N2O/c5-1-4(6)2-8(7)3-9/h3-4H,1-2,7H2. The summed E-state index contributed by atoms with van der Waals surface area (Å²) < 4.78 is 0. The molecule has 0 fully saturated rings. The highest BCUT2D eigenvalue weighted by atomic mass is 79.9. The normalized spacial score (nSPS) is 12.8. The number of hydrazine groups is 1. The summed E-state index contributed by atoms with van der Waals surface area (Å²) in [4.78, 5) is 10.2. The number of hydrogen-bond donors (Lipinski definition) is 1. The van der Waals surface area contributed by atoms with Gasteiger partial charge in [0.15, 0.2) is 0 Å². The molecule has 0 saturated heterocycles. The Morgan fingerprint density at radius 3 is 2.67 bits per heavy atom. The smallest absolute Gasteiger partial charge is 0.223 e. The molecule has 54 valence electrons. The fourth-order valence-corrected chi connectivity index (χ4v) is 0.860. The Kier molecular flexibility index (Phi) is 5.42. The maximum Gasteiger partial charge on any atom is 0.223 e. The van der Waals surface area contributed by atoms with Crippen LogP contribution >= 0.6 is 31.9 Å². The second-order valence-electron chi connectivity index (χ2n) is 1.55. The highest BCUT2D eigenvalue weighted by molar-refractivity contribution is 9.12. The predicted octanol–water partition coefficient (Wildman–Crippen LogP) is 0.477. The maximum absolute atomic E-state index is 9.92. The van der Waals surface area contributed by atoms with Crippen molar-refractivity contribution >= 4 is 38.3 Å². The Hall–Kier alpha value is 0.390. The van der Waals surface area contributed by atoms with Crippen molar-refractivity contribution in [3.8, 4) is 0 Å². The van der Waals surface area contributed by atoms with Crippen molar-refractivity contribution in [3.63, 3.8) is 0 Å². The topological polar surface area (TPSA) is 46.3 Å². The summed E-state index contributed by atoms with van der Waals surface area (Å²) in [7, 11) is 0. The van der Waals surface area contributed by atoms with Gasteiger partial charge in [0.05, 0.1) is 6.54 Å². The zero-order valence-corrected chi connectivity index (χ0v) is 7.93. The molecule has 2 N–H and O–H groups in total. The predicted molar refractivity (Wildman–Crippen MR) is 43.5 cm³/mol. The van der Waals surface area contributed by atoms with Gasteiger partial charge < -0.3 is 0 Å². The molecule has 0 aromatic rings. The van der Waals surface area contributed by atoms with E-state index in [1.807, 2.05) is 0 Å². The Balaban J connectivity index is 3.33. The van der Waals surface area contributed by atoms with Crippen LogP contribution in [0.5, 0.6) is 0 Å². The Morgan fingerprint density at radius 1 is 1.78 bits per heavy atom. The molecule has 0 aromatic carbocycles. The summed E-state index contributed by atoms with van der Waals surface area (Å²) in [6.45, 7) is 0.523. The van der Waals surface area contributed by atoms with E-state index in [9.17, 15) is 4.79 Å². The molecule has 0 aromatic heterocycles. The van der Waals surface area contributed by atoms with Crippen molar-refractivity contribution in [1.29, 1.82) is 0 Å². The van der Waals surface area contributed by atoms with Gasteiger partial charge in [0, 0.05) is 10.2 Å². The fourth-order valence-electron chi connectivity index (χ4n) is 0.321. The Labute approximate surface area is 70.8 Å². The van der Waals surface area contributed by atoms with Gasteiger partial charge in [-0.15, -0.1) is 0 Å². The number of nitrogens with two attached hydrogens (primary N) is 1. The molecule has 0 heterocycles. The highest BCUT2D eigenvalue weighted by Gasteiger charge is 2.03. The molecule has 0 saturated carbocycles. The third-order valence-electron chi connectivity index (χ3n) is 0.712.